The fraction of sp³-hybridized carbons (Fsp3) is 0.455. The summed E-state index contributed by atoms with van der Waals surface area (Å²) >= 11 is 2.08. The molecule has 0 aromatic heterocycles. The van der Waals surface area contributed by atoms with Crippen molar-refractivity contribution in [2.45, 2.75) is 26.2 Å². The van der Waals surface area contributed by atoms with Crippen LogP contribution in [0.25, 0.3) is 0 Å². The van der Waals surface area contributed by atoms with E-state index in [0.717, 1.165) is 22.8 Å². The van der Waals surface area contributed by atoms with E-state index in [4.69, 9.17) is 4.74 Å². The van der Waals surface area contributed by atoms with Crippen LogP contribution in [0.2, 0.25) is 0 Å². The summed E-state index contributed by atoms with van der Waals surface area (Å²) < 4.78 is 19.4. The minimum absolute atomic E-state index is 0.270. The van der Waals surface area contributed by atoms with Crippen LogP contribution in [0, 0.1) is 9.39 Å². The van der Waals surface area contributed by atoms with E-state index in [0.29, 0.717) is 12.4 Å². The van der Waals surface area contributed by atoms with Crippen LogP contribution in [0.3, 0.4) is 0 Å². The van der Waals surface area contributed by atoms with E-state index < -0.39 is 0 Å². The van der Waals surface area contributed by atoms with Crippen molar-refractivity contribution in [1.82, 2.24) is 0 Å². The molecule has 0 spiro atoms. The summed E-state index contributed by atoms with van der Waals surface area (Å²) in [5, 5.41) is 0. The Morgan fingerprint density at radius 2 is 2.14 bits per heavy atom. The van der Waals surface area contributed by atoms with E-state index in [1.165, 1.54) is 6.07 Å². The van der Waals surface area contributed by atoms with E-state index in [1.807, 2.05) is 6.07 Å². The highest BCUT2D eigenvalue weighted by Gasteiger charge is 2.02. The van der Waals surface area contributed by atoms with Crippen LogP contribution in [0.5, 0.6) is 5.75 Å². The molecule has 0 fully saturated rings. The van der Waals surface area contributed by atoms with Crippen molar-refractivity contribution in [3.63, 3.8) is 0 Å². The molecule has 0 N–H and O–H groups in total. The number of benzene rings is 1. The quantitative estimate of drug-likeness (QED) is 0.590. The lowest BCUT2D eigenvalue weighted by Crippen LogP contribution is -1.99. The van der Waals surface area contributed by atoms with E-state index in [-0.39, 0.29) is 5.82 Å². The predicted molar refractivity (Wildman–Crippen MR) is 64.1 cm³/mol. The fourth-order valence-electron chi connectivity index (χ4n) is 1.13. The van der Waals surface area contributed by atoms with Gasteiger partial charge in [-0.25, -0.2) is 4.39 Å². The molecule has 0 saturated carbocycles. The summed E-state index contributed by atoms with van der Waals surface area (Å²) in [6.07, 6.45) is 3.27. The second-order valence-corrected chi connectivity index (χ2v) is 4.38. The number of ether oxygens (including phenoxy) is 1. The van der Waals surface area contributed by atoms with Crippen LogP contribution in [0.4, 0.5) is 4.39 Å². The molecule has 0 radical (unpaired) electrons. The summed E-state index contributed by atoms with van der Waals surface area (Å²) in [4.78, 5) is 0. The Hall–Kier alpha value is -0.320. The molecule has 1 nitrogen and oxygen atoms in total. The largest absolute Gasteiger partial charge is 0.491 e. The molecule has 0 aliphatic heterocycles. The summed E-state index contributed by atoms with van der Waals surface area (Å²) in [5.41, 5.74) is 0. The molecular weight excluding hydrogens is 294 g/mol. The van der Waals surface area contributed by atoms with Gasteiger partial charge in [0.1, 0.15) is 0 Å². The molecular formula is C11H14FIO. The zero-order valence-corrected chi connectivity index (χ0v) is 10.4. The molecule has 78 valence electrons. The molecule has 1 rings (SSSR count). The zero-order chi connectivity index (χ0) is 10.4. The minimum Gasteiger partial charge on any atom is -0.491 e. The second-order valence-electron chi connectivity index (χ2n) is 3.13. The lowest BCUT2D eigenvalue weighted by atomic mass is 10.3. The topological polar surface area (TPSA) is 9.23 Å². The Balaban J connectivity index is 2.42. The van der Waals surface area contributed by atoms with Gasteiger partial charge in [-0.05, 0) is 47.2 Å². The van der Waals surface area contributed by atoms with Crippen LogP contribution in [-0.2, 0) is 0 Å². The highest BCUT2D eigenvalue weighted by molar-refractivity contribution is 14.1. The van der Waals surface area contributed by atoms with Crippen molar-refractivity contribution in [2.75, 3.05) is 6.61 Å². The monoisotopic (exact) mass is 308 g/mol. The van der Waals surface area contributed by atoms with E-state index >= 15 is 0 Å². The van der Waals surface area contributed by atoms with E-state index in [1.54, 1.807) is 6.07 Å². The lowest BCUT2D eigenvalue weighted by Gasteiger charge is -2.06. The minimum atomic E-state index is -0.270. The van der Waals surface area contributed by atoms with Crippen molar-refractivity contribution in [3.05, 3.63) is 27.6 Å². The van der Waals surface area contributed by atoms with E-state index in [9.17, 15) is 4.39 Å². The Labute approximate surface area is 97.8 Å². The third kappa shape index (κ3) is 3.82. The van der Waals surface area contributed by atoms with Crippen molar-refractivity contribution >= 4 is 22.6 Å². The van der Waals surface area contributed by atoms with Crippen LogP contribution >= 0.6 is 22.6 Å². The highest BCUT2D eigenvalue weighted by atomic mass is 127. The summed E-state index contributed by atoms with van der Waals surface area (Å²) in [6.45, 7) is 2.73. The van der Waals surface area contributed by atoms with Crippen LogP contribution in [0.15, 0.2) is 18.2 Å². The zero-order valence-electron chi connectivity index (χ0n) is 8.22. The van der Waals surface area contributed by atoms with Gasteiger partial charge in [0, 0.05) is 3.57 Å². The van der Waals surface area contributed by atoms with Gasteiger partial charge < -0.3 is 4.74 Å². The molecule has 14 heavy (non-hydrogen) atoms. The number of halogens is 2. The van der Waals surface area contributed by atoms with Crippen molar-refractivity contribution < 1.29 is 9.13 Å². The van der Waals surface area contributed by atoms with Crippen LogP contribution in [0.1, 0.15) is 26.2 Å². The maximum Gasteiger partial charge on any atom is 0.166 e. The normalized spacial score (nSPS) is 10.2. The lowest BCUT2D eigenvalue weighted by molar-refractivity contribution is 0.291. The van der Waals surface area contributed by atoms with Gasteiger partial charge in [-0.2, -0.15) is 0 Å². The first-order valence-corrected chi connectivity index (χ1v) is 5.89. The van der Waals surface area contributed by atoms with Crippen LogP contribution < -0.4 is 4.74 Å². The van der Waals surface area contributed by atoms with Gasteiger partial charge in [-0.15, -0.1) is 0 Å². The molecule has 0 unspecified atom stereocenters. The molecule has 1 aromatic rings. The maximum atomic E-state index is 13.2. The van der Waals surface area contributed by atoms with Crippen molar-refractivity contribution in [2.24, 2.45) is 0 Å². The van der Waals surface area contributed by atoms with Gasteiger partial charge in [-0.1, -0.05) is 19.8 Å². The van der Waals surface area contributed by atoms with Gasteiger partial charge in [0.2, 0.25) is 0 Å². The smallest absolute Gasteiger partial charge is 0.166 e. The van der Waals surface area contributed by atoms with E-state index in [2.05, 4.69) is 29.5 Å². The Kier molecular flexibility index (Phi) is 5.22. The van der Waals surface area contributed by atoms with Gasteiger partial charge in [-0.3, -0.25) is 0 Å². The Morgan fingerprint density at radius 3 is 2.79 bits per heavy atom. The first kappa shape index (κ1) is 11.8. The third-order valence-electron chi connectivity index (χ3n) is 1.90. The van der Waals surface area contributed by atoms with Crippen LogP contribution in [-0.4, -0.2) is 6.61 Å². The third-order valence-corrected chi connectivity index (χ3v) is 2.57. The highest BCUT2D eigenvalue weighted by Crippen LogP contribution is 2.19. The number of unbranched alkanes of at least 4 members (excludes halogenated alkanes) is 2. The maximum absolute atomic E-state index is 13.2. The fourth-order valence-corrected chi connectivity index (χ4v) is 1.58. The summed E-state index contributed by atoms with van der Waals surface area (Å²) in [6, 6.07) is 5.01. The number of hydrogen-bond acceptors (Lipinski definition) is 1. The number of rotatable bonds is 5. The molecule has 0 aliphatic carbocycles. The molecule has 3 heteroatoms. The summed E-state index contributed by atoms with van der Waals surface area (Å²) in [7, 11) is 0. The van der Waals surface area contributed by atoms with Gasteiger partial charge in [0.05, 0.1) is 6.61 Å². The molecule has 0 saturated heterocycles. The standard InChI is InChI=1S/C11H14FIO/c1-2-3-4-7-14-11-6-5-9(13)8-10(11)12/h5-6,8H,2-4,7H2,1H3. The Morgan fingerprint density at radius 1 is 1.36 bits per heavy atom. The molecule has 0 heterocycles. The average molecular weight is 308 g/mol. The first-order valence-electron chi connectivity index (χ1n) is 4.82. The molecule has 0 bridgehead atoms. The summed E-state index contributed by atoms with van der Waals surface area (Å²) in [5.74, 6) is 0.0925. The molecule has 0 atom stereocenters. The molecule has 0 amide bonds. The molecule has 0 aliphatic rings. The SMILES string of the molecule is CCCCCOc1ccc(I)cc1F. The first-order chi connectivity index (χ1) is 6.74. The van der Waals surface area contributed by atoms with Gasteiger partial charge in [0.25, 0.3) is 0 Å². The predicted octanol–water partition coefficient (Wildman–Crippen LogP) is 4.00. The van der Waals surface area contributed by atoms with Gasteiger partial charge in [0.15, 0.2) is 11.6 Å². The van der Waals surface area contributed by atoms with Crippen molar-refractivity contribution in [3.8, 4) is 5.75 Å². The number of hydrogen-bond donors (Lipinski definition) is 0. The Bertz CT molecular complexity index is 289. The van der Waals surface area contributed by atoms with Crippen molar-refractivity contribution in [1.29, 1.82) is 0 Å². The van der Waals surface area contributed by atoms with Gasteiger partial charge >= 0.3 is 0 Å². The molecule has 1 aromatic carbocycles. The second kappa shape index (κ2) is 6.22. The average Bonchev–Trinajstić information content (AvgIpc) is 2.15.